The highest BCUT2D eigenvalue weighted by Crippen LogP contribution is 2.38. The third-order valence-electron chi connectivity index (χ3n) is 3.61. The molecule has 1 heterocycles. The number of hydrogen-bond acceptors (Lipinski definition) is 12. The summed E-state index contributed by atoms with van der Waals surface area (Å²) in [5, 5.41) is 11.1. The van der Waals surface area contributed by atoms with E-state index in [1.807, 2.05) is 0 Å². The van der Waals surface area contributed by atoms with E-state index in [4.69, 9.17) is 23.7 Å². The average molecular weight is 440 g/mol. The molecule has 0 aromatic heterocycles. The molecule has 0 unspecified atom stereocenters. The molecule has 10 nitrogen and oxygen atoms in total. The van der Waals surface area contributed by atoms with Crippen LogP contribution in [-0.2, 0) is 42.9 Å². The van der Waals surface area contributed by atoms with Gasteiger partial charge in [0.05, 0.1) is 0 Å². The van der Waals surface area contributed by atoms with Gasteiger partial charge < -0.3 is 28.8 Å². The van der Waals surface area contributed by atoms with Crippen LogP contribution in [0.2, 0.25) is 0 Å². The van der Waals surface area contributed by atoms with Crippen LogP contribution in [-0.4, -0.2) is 70.4 Å². The summed E-state index contributed by atoms with van der Waals surface area (Å²) >= 11 is 8.18. The summed E-state index contributed by atoms with van der Waals surface area (Å²) in [5.41, 5.74) is 0. The van der Waals surface area contributed by atoms with E-state index in [1.54, 1.807) is 0 Å². The van der Waals surface area contributed by atoms with Crippen molar-refractivity contribution < 1.29 is 48.0 Å². The minimum atomic E-state index is -2.22. The molecule has 1 fully saturated rings. The first kappa shape index (κ1) is 24.5. The van der Waals surface area contributed by atoms with E-state index in [9.17, 15) is 24.3 Å². The molecule has 160 valence electrons. The van der Waals surface area contributed by atoms with Gasteiger partial charge in [-0.2, -0.15) is 25.3 Å². The number of aliphatic hydroxyl groups is 1. The summed E-state index contributed by atoms with van der Waals surface area (Å²) in [7, 11) is 0. The molecule has 0 bridgehead atoms. The second-order valence-electron chi connectivity index (χ2n) is 6.17. The van der Waals surface area contributed by atoms with Crippen molar-refractivity contribution in [3.8, 4) is 0 Å². The molecule has 1 aliphatic rings. The quantitative estimate of drug-likeness (QED) is 0.215. The molecule has 1 N–H and O–H groups in total. The van der Waals surface area contributed by atoms with Gasteiger partial charge in [-0.1, -0.05) is 0 Å². The fourth-order valence-corrected chi connectivity index (χ4v) is 3.31. The number of rotatable bonds is 7. The van der Waals surface area contributed by atoms with Crippen molar-refractivity contribution in [3.05, 3.63) is 0 Å². The molecule has 0 amide bonds. The molecular weight excluding hydrogens is 416 g/mol. The maximum Gasteiger partial charge on any atom is 0.303 e. The van der Waals surface area contributed by atoms with Crippen LogP contribution in [0.3, 0.4) is 0 Å². The predicted octanol–water partition coefficient (Wildman–Crippen LogP) is 0.00780. The zero-order valence-corrected chi connectivity index (χ0v) is 17.6. The zero-order valence-electron chi connectivity index (χ0n) is 15.8. The first-order chi connectivity index (χ1) is 12.9. The lowest BCUT2D eigenvalue weighted by molar-refractivity contribution is -0.352. The van der Waals surface area contributed by atoms with Crippen molar-refractivity contribution in [2.75, 3.05) is 6.61 Å². The Hall–Kier alpha value is -1.50. The molecule has 0 aromatic rings. The minimum absolute atomic E-state index is 0.266. The number of thiol groups is 2. The Labute approximate surface area is 173 Å². The van der Waals surface area contributed by atoms with Crippen LogP contribution in [0.5, 0.6) is 0 Å². The van der Waals surface area contributed by atoms with Crippen molar-refractivity contribution in [2.45, 2.75) is 68.9 Å². The Kier molecular flexibility index (Phi) is 9.05. The number of ether oxygens (including phenoxy) is 5. The van der Waals surface area contributed by atoms with Crippen LogP contribution in [0.15, 0.2) is 0 Å². The number of hydrogen-bond donors (Lipinski definition) is 3. The summed E-state index contributed by atoms with van der Waals surface area (Å²) in [6, 6.07) is 0. The van der Waals surface area contributed by atoms with Crippen molar-refractivity contribution in [1.82, 2.24) is 0 Å². The van der Waals surface area contributed by atoms with Crippen LogP contribution in [0.4, 0.5) is 0 Å². The molecule has 1 saturated heterocycles. The molecule has 1 aliphatic heterocycles. The van der Waals surface area contributed by atoms with Crippen LogP contribution < -0.4 is 0 Å². The lowest BCUT2D eigenvalue weighted by Gasteiger charge is -2.49. The topological polar surface area (TPSA) is 135 Å². The van der Waals surface area contributed by atoms with Gasteiger partial charge >= 0.3 is 23.9 Å². The predicted molar refractivity (Wildman–Crippen MR) is 99.5 cm³/mol. The fourth-order valence-electron chi connectivity index (χ4n) is 2.78. The standard InChI is InChI=1S/C16H24O10S2/c1-7(17)22-6-11-13(23-8(2)18)14(24-9(3)19)15(25-10(4)20)16(21,26-11)5-12(27)28/h11-15,21,27-28H,5-6H2,1-4H3/t11-,13+,14+,15-,16+/m1/s1. The smallest absolute Gasteiger partial charge is 0.303 e. The van der Waals surface area contributed by atoms with Crippen molar-refractivity contribution in [1.29, 1.82) is 0 Å². The molecule has 1 rings (SSSR count). The van der Waals surface area contributed by atoms with Crippen molar-refractivity contribution in [2.24, 2.45) is 0 Å². The molecule has 0 saturated carbocycles. The van der Waals surface area contributed by atoms with Crippen molar-refractivity contribution in [3.63, 3.8) is 0 Å². The highest BCUT2D eigenvalue weighted by Gasteiger charge is 2.59. The van der Waals surface area contributed by atoms with E-state index < -0.39 is 65.3 Å². The molecule has 0 spiro atoms. The largest absolute Gasteiger partial charge is 0.463 e. The fraction of sp³-hybridized carbons (Fsp3) is 0.750. The summed E-state index contributed by atoms with van der Waals surface area (Å²) in [6.45, 7) is 4.00. The monoisotopic (exact) mass is 440 g/mol. The zero-order chi connectivity index (χ0) is 21.6. The first-order valence-corrected chi connectivity index (χ1v) is 9.30. The van der Waals surface area contributed by atoms with Gasteiger partial charge in [-0.3, -0.25) is 19.2 Å². The van der Waals surface area contributed by atoms with Crippen LogP contribution in [0.25, 0.3) is 0 Å². The van der Waals surface area contributed by atoms with Crippen LogP contribution >= 0.6 is 25.3 Å². The Bertz CT molecular complexity index is 610. The summed E-state index contributed by atoms with van der Waals surface area (Å²) < 4.78 is 25.3. The number of carbonyl (C=O) groups is 4. The lowest BCUT2D eigenvalue weighted by Crippen LogP contribution is -2.68. The molecular formula is C16H24O10S2. The maximum absolute atomic E-state index is 11.6. The van der Waals surface area contributed by atoms with E-state index in [2.05, 4.69) is 25.3 Å². The van der Waals surface area contributed by atoms with E-state index in [-0.39, 0.29) is 6.42 Å². The van der Waals surface area contributed by atoms with Crippen molar-refractivity contribution >= 4 is 49.1 Å². The lowest BCUT2D eigenvalue weighted by atomic mass is 9.90. The molecule has 28 heavy (non-hydrogen) atoms. The number of esters is 4. The van der Waals surface area contributed by atoms with E-state index >= 15 is 0 Å². The molecule has 0 radical (unpaired) electrons. The van der Waals surface area contributed by atoms with Gasteiger partial charge in [0.1, 0.15) is 12.7 Å². The van der Waals surface area contributed by atoms with Gasteiger partial charge in [-0.05, 0) is 0 Å². The SMILES string of the molecule is CC(=O)OC[C@H]1O[C@@](O)(CC(S)S)[C@H](OC(C)=O)[C@@H](OC(C)=O)[C@H]1OC(C)=O. The van der Waals surface area contributed by atoms with E-state index in [0.29, 0.717) is 0 Å². The molecule has 0 aromatic carbocycles. The van der Waals surface area contributed by atoms with Gasteiger partial charge in [-0.15, -0.1) is 0 Å². The van der Waals surface area contributed by atoms with Gasteiger partial charge in [-0.25, -0.2) is 0 Å². The second-order valence-corrected chi connectivity index (χ2v) is 7.82. The van der Waals surface area contributed by atoms with E-state index in [1.165, 1.54) is 0 Å². The second kappa shape index (κ2) is 10.3. The Morgan fingerprint density at radius 2 is 1.43 bits per heavy atom. The third-order valence-corrected chi connectivity index (χ3v) is 3.98. The van der Waals surface area contributed by atoms with Crippen LogP contribution in [0.1, 0.15) is 34.1 Å². The van der Waals surface area contributed by atoms with Crippen LogP contribution in [0, 0.1) is 0 Å². The Morgan fingerprint density at radius 3 is 1.86 bits per heavy atom. The maximum atomic E-state index is 11.6. The Morgan fingerprint density at radius 1 is 0.929 bits per heavy atom. The highest BCUT2D eigenvalue weighted by atomic mass is 32.2. The van der Waals surface area contributed by atoms with Gasteiger partial charge in [0.2, 0.25) is 5.79 Å². The van der Waals surface area contributed by atoms with E-state index in [0.717, 1.165) is 27.7 Å². The molecule has 0 aliphatic carbocycles. The minimum Gasteiger partial charge on any atom is -0.463 e. The van der Waals surface area contributed by atoms with Gasteiger partial charge in [0.15, 0.2) is 18.3 Å². The Balaban J connectivity index is 3.41. The first-order valence-electron chi connectivity index (χ1n) is 8.27. The molecule has 5 atom stereocenters. The normalized spacial score (nSPS) is 29.7. The third kappa shape index (κ3) is 7.15. The van der Waals surface area contributed by atoms with Gasteiger partial charge in [0.25, 0.3) is 0 Å². The molecule has 12 heteroatoms. The highest BCUT2D eigenvalue weighted by molar-refractivity contribution is 7.99. The summed E-state index contributed by atoms with van der Waals surface area (Å²) in [4.78, 5) is 46.0. The summed E-state index contributed by atoms with van der Waals surface area (Å²) in [5.74, 6) is -5.23. The van der Waals surface area contributed by atoms with Gasteiger partial charge in [0, 0.05) is 38.7 Å². The average Bonchev–Trinajstić information content (AvgIpc) is 2.50. The summed E-state index contributed by atoms with van der Waals surface area (Å²) in [6.07, 6.45) is -5.82. The number of carbonyl (C=O) groups excluding carboxylic acids is 4.